The van der Waals surface area contributed by atoms with Crippen molar-refractivity contribution in [1.82, 2.24) is 0 Å². The number of oxime groups is 1. The lowest BCUT2D eigenvalue weighted by Gasteiger charge is -2.23. The van der Waals surface area contributed by atoms with Crippen LogP contribution >= 0.6 is 0 Å². The van der Waals surface area contributed by atoms with Gasteiger partial charge in [-0.15, -0.1) is 0 Å². The van der Waals surface area contributed by atoms with Crippen LogP contribution in [0, 0.1) is 5.92 Å². The molecule has 0 saturated heterocycles. The molecule has 1 aromatic rings. The third-order valence-corrected chi connectivity index (χ3v) is 3.08. The lowest BCUT2D eigenvalue weighted by atomic mass is 9.93. The second kappa shape index (κ2) is 3.54. The molecule has 76 valence electrons. The first kappa shape index (κ1) is 8.72. The van der Waals surface area contributed by atoms with E-state index in [0.717, 1.165) is 18.6 Å². The van der Waals surface area contributed by atoms with Gasteiger partial charge in [0, 0.05) is 12.3 Å². The monoisotopic (exact) mass is 199 g/mol. The van der Waals surface area contributed by atoms with Gasteiger partial charge in [0.15, 0.2) is 0 Å². The normalized spacial score (nSPS) is 28.1. The Hall–Kier alpha value is -1.57. The molecule has 0 N–H and O–H groups in total. The highest BCUT2D eigenvalue weighted by molar-refractivity contribution is 6.00. The quantitative estimate of drug-likeness (QED) is 0.637. The Morgan fingerprint density at radius 1 is 1.20 bits per heavy atom. The fourth-order valence-corrected chi connectivity index (χ4v) is 2.21. The highest BCUT2D eigenvalue weighted by Crippen LogP contribution is 2.30. The predicted molar refractivity (Wildman–Crippen MR) is 59.7 cm³/mol. The molecule has 0 spiro atoms. The van der Waals surface area contributed by atoms with Crippen molar-refractivity contribution < 1.29 is 4.84 Å². The smallest absolute Gasteiger partial charge is 0.149 e. The van der Waals surface area contributed by atoms with Crippen molar-refractivity contribution in [2.75, 3.05) is 0 Å². The van der Waals surface area contributed by atoms with Crippen LogP contribution in [0.4, 0.5) is 0 Å². The van der Waals surface area contributed by atoms with Gasteiger partial charge in [-0.2, -0.15) is 0 Å². The van der Waals surface area contributed by atoms with Crippen molar-refractivity contribution >= 4 is 5.71 Å². The van der Waals surface area contributed by atoms with Crippen LogP contribution in [0.15, 0.2) is 47.6 Å². The number of fused-ring (bicyclic) bond motifs is 1. The summed E-state index contributed by atoms with van der Waals surface area (Å²) in [5.41, 5.74) is 2.27. The van der Waals surface area contributed by atoms with Crippen molar-refractivity contribution in [2.45, 2.75) is 18.9 Å². The second-order valence-electron chi connectivity index (χ2n) is 4.10. The van der Waals surface area contributed by atoms with Crippen LogP contribution in [0.25, 0.3) is 0 Å². The third kappa shape index (κ3) is 1.56. The van der Waals surface area contributed by atoms with Gasteiger partial charge in [-0.1, -0.05) is 41.6 Å². The maximum Gasteiger partial charge on any atom is 0.149 e. The lowest BCUT2D eigenvalue weighted by Crippen LogP contribution is -2.25. The predicted octanol–water partition coefficient (Wildman–Crippen LogP) is 2.76. The van der Waals surface area contributed by atoms with Gasteiger partial charge < -0.3 is 4.84 Å². The maximum atomic E-state index is 5.47. The molecule has 2 aliphatic rings. The summed E-state index contributed by atoms with van der Waals surface area (Å²) in [6, 6.07) is 10.3. The van der Waals surface area contributed by atoms with Crippen LogP contribution in [0.1, 0.15) is 18.4 Å². The van der Waals surface area contributed by atoms with E-state index in [4.69, 9.17) is 4.84 Å². The van der Waals surface area contributed by atoms with Gasteiger partial charge in [-0.25, -0.2) is 0 Å². The molecule has 2 atom stereocenters. The van der Waals surface area contributed by atoms with Gasteiger partial charge in [0.1, 0.15) is 6.10 Å². The summed E-state index contributed by atoms with van der Waals surface area (Å²) >= 11 is 0. The zero-order chi connectivity index (χ0) is 10.1. The van der Waals surface area contributed by atoms with Crippen LogP contribution in [0.5, 0.6) is 0 Å². The van der Waals surface area contributed by atoms with Gasteiger partial charge in [0.05, 0.1) is 5.71 Å². The average Bonchev–Trinajstić information content (AvgIpc) is 2.77. The maximum absolute atomic E-state index is 5.47. The molecule has 0 unspecified atom stereocenters. The highest BCUT2D eigenvalue weighted by atomic mass is 16.6. The lowest BCUT2D eigenvalue weighted by molar-refractivity contribution is 0.0466. The first-order valence-electron chi connectivity index (χ1n) is 5.38. The summed E-state index contributed by atoms with van der Waals surface area (Å²) in [4.78, 5) is 5.47. The molecule has 15 heavy (non-hydrogen) atoms. The molecule has 1 aliphatic carbocycles. The Balaban J connectivity index is 1.85. The molecular formula is C13H13NO. The van der Waals surface area contributed by atoms with Gasteiger partial charge in [0.25, 0.3) is 0 Å². The van der Waals surface area contributed by atoms with Crippen molar-refractivity contribution in [2.24, 2.45) is 11.1 Å². The Kier molecular flexibility index (Phi) is 2.05. The molecule has 1 heterocycles. The van der Waals surface area contributed by atoms with Crippen molar-refractivity contribution in [3.63, 3.8) is 0 Å². The Labute approximate surface area is 89.2 Å². The van der Waals surface area contributed by atoms with Crippen LogP contribution in [-0.2, 0) is 4.84 Å². The average molecular weight is 199 g/mol. The Morgan fingerprint density at radius 3 is 2.93 bits per heavy atom. The minimum atomic E-state index is 0.220. The van der Waals surface area contributed by atoms with E-state index in [1.807, 2.05) is 18.2 Å². The minimum Gasteiger partial charge on any atom is -0.388 e. The molecule has 2 nitrogen and oxygen atoms in total. The molecule has 0 fully saturated rings. The zero-order valence-electron chi connectivity index (χ0n) is 8.47. The van der Waals surface area contributed by atoms with Crippen LogP contribution in [-0.4, -0.2) is 11.8 Å². The van der Waals surface area contributed by atoms with E-state index < -0.39 is 0 Å². The standard InChI is InChI=1S/C13H13NO/c1-2-5-10(6-3-1)12-9-11-7-4-8-13(11)15-14-12/h1-6,8,11,13H,7,9H2/t11-,13-/m0/s1. The summed E-state index contributed by atoms with van der Waals surface area (Å²) in [5, 5.41) is 4.21. The SMILES string of the molecule is C1=C[C@@H]2ON=C(c3ccccc3)C[C@@H]2C1. The molecule has 0 aromatic heterocycles. The van der Waals surface area contributed by atoms with Crippen molar-refractivity contribution in [3.8, 4) is 0 Å². The van der Waals surface area contributed by atoms with E-state index in [9.17, 15) is 0 Å². The van der Waals surface area contributed by atoms with Gasteiger partial charge in [-0.3, -0.25) is 0 Å². The number of allylic oxidation sites excluding steroid dienone is 1. The van der Waals surface area contributed by atoms with Crippen LogP contribution in [0.2, 0.25) is 0 Å². The van der Waals surface area contributed by atoms with Crippen molar-refractivity contribution in [1.29, 1.82) is 0 Å². The summed E-state index contributed by atoms with van der Waals surface area (Å²) < 4.78 is 0. The van der Waals surface area contributed by atoms with E-state index in [1.165, 1.54) is 5.56 Å². The molecule has 0 radical (unpaired) electrons. The first-order valence-corrected chi connectivity index (χ1v) is 5.38. The molecule has 0 saturated carbocycles. The van der Waals surface area contributed by atoms with E-state index in [2.05, 4.69) is 29.4 Å². The Morgan fingerprint density at radius 2 is 2.07 bits per heavy atom. The molecule has 1 aromatic carbocycles. The van der Waals surface area contributed by atoms with E-state index >= 15 is 0 Å². The topological polar surface area (TPSA) is 21.6 Å². The largest absolute Gasteiger partial charge is 0.388 e. The highest BCUT2D eigenvalue weighted by Gasteiger charge is 2.30. The molecule has 0 bridgehead atoms. The third-order valence-electron chi connectivity index (χ3n) is 3.08. The molecule has 3 rings (SSSR count). The number of benzene rings is 1. The van der Waals surface area contributed by atoms with E-state index in [0.29, 0.717) is 5.92 Å². The van der Waals surface area contributed by atoms with Gasteiger partial charge >= 0.3 is 0 Å². The molecule has 2 heteroatoms. The molecule has 0 amide bonds. The summed E-state index contributed by atoms with van der Waals surface area (Å²) in [7, 11) is 0. The zero-order valence-corrected chi connectivity index (χ0v) is 8.47. The van der Waals surface area contributed by atoms with Gasteiger partial charge in [0.2, 0.25) is 0 Å². The first-order chi connectivity index (χ1) is 7.43. The van der Waals surface area contributed by atoms with Crippen LogP contribution < -0.4 is 0 Å². The number of hydrogen-bond acceptors (Lipinski definition) is 2. The van der Waals surface area contributed by atoms with Gasteiger partial charge in [-0.05, 0) is 18.1 Å². The summed E-state index contributed by atoms with van der Waals surface area (Å²) in [6.45, 7) is 0. The fraction of sp³-hybridized carbons (Fsp3) is 0.308. The van der Waals surface area contributed by atoms with E-state index in [-0.39, 0.29) is 6.10 Å². The number of nitrogens with zero attached hydrogens (tertiary/aromatic N) is 1. The molecular weight excluding hydrogens is 186 g/mol. The fourth-order valence-electron chi connectivity index (χ4n) is 2.21. The van der Waals surface area contributed by atoms with Crippen molar-refractivity contribution in [3.05, 3.63) is 48.0 Å². The minimum absolute atomic E-state index is 0.220. The number of rotatable bonds is 1. The summed E-state index contributed by atoms with van der Waals surface area (Å²) in [6.07, 6.45) is 6.69. The summed E-state index contributed by atoms with van der Waals surface area (Å²) in [5.74, 6) is 0.595. The van der Waals surface area contributed by atoms with Crippen LogP contribution in [0.3, 0.4) is 0 Å². The Bertz CT molecular complexity index is 408. The van der Waals surface area contributed by atoms with E-state index in [1.54, 1.807) is 0 Å². The number of hydrogen-bond donors (Lipinski definition) is 0. The molecule has 1 aliphatic heterocycles. The second-order valence-corrected chi connectivity index (χ2v) is 4.10.